The van der Waals surface area contributed by atoms with Crippen LogP contribution in [0.5, 0.6) is 0 Å². The Morgan fingerprint density at radius 1 is 1.37 bits per heavy atom. The van der Waals surface area contributed by atoms with Gasteiger partial charge in [0, 0.05) is 17.7 Å². The van der Waals surface area contributed by atoms with E-state index in [1.165, 1.54) is 16.9 Å². The SMILES string of the molecule is Cc1cccc(-c2[nH]ncc2CNc2nncs2)c1. The first-order valence-electron chi connectivity index (χ1n) is 5.92. The topological polar surface area (TPSA) is 66.5 Å². The molecule has 2 aromatic heterocycles. The number of hydrogen-bond donors (Lipinski definition) is 2. The molecule has 0 saturated heterocycles. The Kier molecular flexibility index (Phi) is 3.24. The highest BCUT2D eigenvalue weighted by Gasteiger charge is 2.08. The summed E-state index contributed by atoms with van der Waals surface area (Å²) in [5.74, 6) is 0. The molecule has 0 bridgehead atoms. The summed E-state index contributed by atoms with van der Waals surface area (Å²) >= 11 is 1.48. The van der Waals surface area contributed by atoms with Crippen LogP contribution in [0.2, 0.25) is 0 Å². The fraction of sp³-hybridized carbons (Fsp3) is 0.154. The molecule has 0 aliphatic carbocycles. The second-order valence-corrected chi connectivity index (χ2v) is 5.07. The third-order valence-corrected chi connectivity index (χ3v) is 3.46. The fourth-order valence-electron chi connectivity index (χ4n) is 1.92. The molecule has 0 fully saturated rings. The van der Waals surface area contributed by atoms with Crippen LogP contribution in [0.15, 0.2) is 36.0 Å². The van der Waals surface area contributed by atoms with E-state index in [4.69, 9.17) is 0 Å². The summed E-state index contributed by atoms with van der Waals surface area (Å²) in [5.41, 5.74) is 6.24. The molecule has 0 spiro atoms. The van der Waals surface area contributed by atoms with E-state index in [1.807, 2.05) is 12.3 Å². The number of anilines is 1. The zero-order chi connectivity index (χ0) is 13.1. The monoisotopic (exact) mass is 271 g/mol. The van der Waals surface area contributed by atoms with Crippen molar-refractivity contribution in [1.29, 1.82) is 0 Å². The summed E-state index contributed by atoms with van der Waals surface area (Å²) in [6.45, 7) is 2.76. The first kappa shape index (κ1) is 11.9. The molecule has 0 aliphatic rings. The Labute approximate surface area is 114 Å². The van der Waals surface area contributed by atoms with E-state index in [0.717, 1.165) is 22.0 Å². The summed E-state index contributed by atoms with van der Waals surface area (Å²) in [7, 11) is 0. The standard InChI is InChI=1S/C13H13N5S/c1-9-3-2-4-10(5-9)12-11(7-15-17-12)6-14-13-18-16-8-19-13/h2-5,7-8H,6H2,1H3,(H,14,18)(H,15,17). The summed E-state index contributed by atoms with van der Waals surface area (Å²) < 4.78 is 0. The molecule has 0 aliphatic heterocycles. The fourth-order valence-corrected chi connectivity index (χ4v) is 2.36. The molecule has 96 valence electrons. The van der Waals surface area contributed by atoms with Crippen molar-refractivity contribution in [3.05, 3.63) is 47.1 Å². The van der Waals surface area contributed by atoms with Gasteiger partial charge in [0.15, 0.2) is 0 Å². The lowest BCUT2D eigenvalue weighted by molar-refractivity contribution is 1.05. The third kappa shape index (κ3) is 2.63. The largest absolute Gasteiger partial charge is 0.356 e. The predicted molar refractivity (Wildman–Crippen MR) is 76.0 cm³/mol. The quantitative estimate of drug-likeness (QED) is 0.765. The van der Waals surface area contributed by atoms with Crippen molar-refractivity contribution in [2.75, 3.05) is 5.32 Å². The van der Waals surface area contributed by atoms with Gasteiger partial charge in [0.1, 0.15) is 5.51 Å². The second kappa shape index (κ2) is 5.19. The maximum Gasteiger partial charge on any atom is 0.205 e. The van der Waals surface area contributed by atoms with Crippen molar-refractivity contribution in [1.82, 2.24) is 20.4 Å². The Hall–Kier alpha value is -2.21. The highest BCUT2D eigenvalue weighted by atomic mass is 32.1. The van der Waals surface area contributed by atoms with Crippen molar-refractivity contribution in [3.63, 3.8) is 0 Å². The van der Waals surface area contributed by atoms with Crippen LogP contribution in [0.1, 0.15) is 11.1 Å². The first-order chi connectivity index (χ1) is 9.33. The normalized spacial score (nSPS) is 10.6. The molecule has 2 N–H and O–H groups in total. The number of benzene rings is 1. The van der Waals surface area contributed by atoms with Gasteiger partial charge in [-0.15, -0.1) is 10.2 Å². The Balaban J connectivity index is 1.82. The molecule has 6 heteroatoms. The highest BCUT2D eigenvalue weighted by molar-refractivity contribution is 7.13. The minimum absolute atomic E-state index is 0.676. The molecule has 19 heavy (non-hydrogen) atoms. The van der Waals surface area contributed by atoms with Crippen LogP contribution in [0, 0.1) is 6.92 Å². The van der Waals surface area contributed by atoms with Crippen LogP contribution in [0.3, 0.4) is 0 Å². The van der Waals surface area contributed by atoms with Crippen LogP contribution in [-0.4, -0.2) is 20.4 Å². The summed E-state index contributed by atoms with van der Waals surface area (Å²) in [5, 5.41) is 19.0. The van der Waals surface area contributed by atoms with Gasteiger partial charge in [-0.25, -0.2) is 0 Å². The van der Waals surface area contributed by atoms with E-state index in [1.54, 1.807) is 5.51 Å². The lowest BCUT2D eigenvalue weighted by atomic mass is 10.1. The Morgan fingerprint density at radius 2 is 2.32 bits per heavy atom. The maximum atomic E-state index is 4.13. The van der Waals surface area contributed by atoms with Crippen LogP contribution >= 0.6 is 11.3 Å². The summed E-state index contributed by atoms with van der Waals surface area (Å²) in [4.78, 5) is 0. The van der Waals surface area contributed by atoms with Crippen molar-refractivity contribution in [2.45, 2.75) is 13.5 Å². The van der Waals surface area contributed by atoms with Gasteiger partial charge in [-0.2, -0.15) is 5.10 Å². The number of rotatable bonds is 4. The molecule has 0 atom stereocenters. The average molecular weight is 271 g/mol. The molecule has 3 aromatic rings. The number of nitrogens with one attached hydrogen (secondary N) is 2. The maximum absolute atomic E-state index is 4.13. The van der Waals surface area contributed by atoms with Gasteiger partial charge in [0.2, 0.25) is 5.13 Å². The van der Waals surface area contributed by atoms with E-state index in [0.29, 0.717) is 6.54 Å². The number of aromatic nitrogens is 4. The van der Waals surface area contributed by atoms with Crippen LogP contribution in [-0.2, 0) is 6.54 Å². The number of aryl methyl sites for hydroxylation is 1. The van der Waals surface area contributed by atoms with E-state index < -0.39 is 0 Å². The van der Waals surface area contributed by atoms with Gasteiger partial charge in [0.05, 0.1) is 11.9 Å². The zero-order valence-electron chi connectivity index (χ0n) is 10.4. The van der Waals surface area contributed by atoms with Crippen molar-refractivity contribution in [2.24, 2.45) is 0 Å². The number of hydrogen-bond acceptors (Lipinski definition) is 5. The van der Waals surface area contributed by atoms with Crippen LogP contribution < -0.4 is 5.32 Å². The molecule has 2 heterocycles. The van der Waals surface area contributed by atoms with Crippen molar-refractivity contribution in [3.8, 4) is 11.3 Å². The molecule has 0 radical (unpaired) electrons. The predicted octanol–water partition coefficient (Wildman–Crippen LogP) is 2.85. The Bertz CT molecular complexity index is 659. The minimum Gasteiger partial charge on any atom is -0.356 e. The van der Waals surface area contributed by atoms with Gasteiger partial charge in [0.25, 0.3) is 0 Å². The molecule has 0 unspecified atom stereocenters. The Morgan fingerprint density at radius 3 is 3.11 bits per heavy atom. The van der Waals surface area contributed by atoms with Crippen LogP contribution in [0.25, 0.3) is 11.3 Å². The minimum atomic E-state index is 0.676. The zero-order valence-corrected chi connectivity index (χ0v) is 11.2. The van der Waals surface area contributed by atoms with Gasteiger partial charge in [-0.1, -0.05) is 35.1 Å². The van der Waals surface area contributed by atoms with E-state index in [2.05, 4.69) is 50.8 Å². The van der Waals surface area contributed by atoms with Gasteiger partial charge in [-0.05, 0) is 13.0 Å². The molecule has 5 nitrogen and oxygen atoms in total. The second-order valence-electron chi connectivity index (χ2n) is 4.24. The average Bonchev–Trinajstić information content (AvgIpc) is 3.08. The highest BCUT2D eigenvalue weighted by Crippen LogP contribution is 2.23. The number of H-pyrrole nitrogens is 1. The number of nitrogens with zero attached hydrogens (tertiary/aromatic N) is 3. The van der Waals surface area contributed by atoms with Gasteiger partial charge >= 0.3 is 0 Å². The summed E-state index contributed by atoms with van der Waals surface area (Å²) in [6.07, 6.45) is 1.84. The molecule has 0 amide bonds. The van der Waals surface area contributed by atoms with Gasteiger partial charge < -0.3 is 5.32 Å². The van der Waals surface area contributed by atoms with Gasteiger partial charge in [-0.3, -0.25) is 5.10 Å². The number of aromatic amines is 1. The summed E-state index contributed by atoms with van der Waals surface area (Å²) in [6, 6.07) is 8.35. The molecule has 3 rings (SSSR count). The third-order valence-electron chi connectivity index (χ3n) is 2.81. The van der Waals surface area contributed by atoms with E-state index in [9.17, 15) is 0 Å². The molecular weight excluding hydrogens is 258 g/mol. The lowest BCUT2D eigenvalue weighted by Crippen LogP contribution is -1.99. The smallest absolute Gasteiger partial charge is 0.205 e. The molecular formula is C13H13N5S. The van der Waals surface area contributed by atoms with Crippen molar-refractivity contribution < 1.29 is 0 Å². The lowest BCUT2D eigenvalue weighted by Gasteiger charge is -2.05. The molecule has 1 aromatic carbocycles. The first-order valence-corrected chi connectivity index (χ1v) is 6.80. The van der Waals surface area contributed by atoms with Crippen LogP contribution in [0.4, 0.5) is 5.13 Å². The molecule has 0 saturated carbocycles. The van der Waals surface area contributed by atoms with E-state index >= 15 is 0 Å². The van der Waals surface area contributed by atoms with Crippen molar-refractivity contribution >= 4 is 16.5 Å². The van der Waals surface area contributed by atoms with E-state index in [-0.39, 0.29) is 0 Å².